The largest absolute Gasteiger partial charge is 0.306 e. The Kier molecular flexibility index (Phi) is 5.41. The maximum absolute atomic E-state index is 12.1. The Morgan fingerprint density at radius 2 is 1.96 bits per heavy atom. The molecular weight excluding hydrogens is 344 g/mol. The summed E-state index contributed by atoms with van der Waals surface area (Å²) in [7, 11) is 0. The summed E-state index contributed by atoms with van der Waals surface area (Å²) in [4.78, 5) is 22.4. The molecule has 0 aliphatic carbocycles. The molecular formula is C20H18N4O3. The molecule has 0 saturated heterocycles. The predicted molar refractivity (Wildman–Crippen MR) is 103 cm³/mol. The minimum atomic E-state index is -0.473. The number of carbonyl (C=O) groups is 1. The second kappa shape index (κ2) is 8.09. The van der Waals surface area contributed by atoms with E-state index in [0.29, 0.717) is 17.9 Å². The molecule has 27 heavy (non-hydrogen) atoms. The number of nitro groups is 1. The normalized spacial score (nSPS) is 10.9. The molecule has 0 spiro atoms. The van der Waals surface area contributed by atoms with E-state index in [1.807, 2.05) is 41.9 Å². The number of anilines is 1. The molecule has 0 radical (unpaired) electrons. The van der Waals surface area contributed by atoms with Gasteiger partial charge in [-0.25, -0.2) is 0 Å². The van der Waals surface area contributed by atoms with Crippen LogP contribution in [0.15, 0.2) is 66.7 Å². The molecule has 3 rings (SSSR count). The fourth-order valence-corrected chi connectivity index (χ4v) is 2.57. The van der Waals surface area contributed by atoms with Crippen molar-refractivity contribution >= 4 is 23.5 Å². The molecule has 7 heteroatoms. The van der Waals surface area contributed by atoms with E-state index >= 15 is 0 Å². The van der Waals surface area contributed by atoms with Crippen molar-refractivity contribution in [3.05, 3.63) is 93.7 Å². The van der Waals surface area contributed by atoms with Crippen LogP contribution in [0.1, 0.15) is 16.8 Å². The average Bonchev–Trinajstić information content (AvgIpc) is 3.00. The lowest BCUT2D eigenvalue weighted by atomic mass is 10.2. The van der Waals surface area contributed by atoms with Gasteiger partial charge in [0.25, 0.3) is 5.69 Å². The minimum absolute atomic E-state index is 0.0205. The van der Waals surface area contributed by atoms with E-state index in [2.05, 4.69) is 10.4 Å². The Morgan fingerprint density at radius 1 is 1.19 bits per heavy atom. The summed E-state index contributed by atoms with van der Waals surface area (Å²) in [6, 6.07) is 17.8. The third-order valence-corrected chi connectivity index (χ3v) is 3.92. The second-order valence-electron chi connectivity index (χ2n) is 5.99. The third kappa shape index (κ3) is 4.88. The van der Waals surface area contributed by atoms with Crippen LogP contribution in [0, 0.1) is 17.0 Å². The molecule has 0 unspecified atom stereocenters. The number of non-ortho nitro benzene ring substituents is 1. The first-order valence-corrected chi connectivity index (χ1v) is 8.33. The Labute approximate surface area is 156 Å². The van der Waals surface area contributed by atoms with Crippen molar-refractivity contribution in [1.82, 2.24) is 9.78 Å². The van der Waals surface area contributed by atoms with Crippen molar-refractivity contribution in [2.45, 2.75) is 13.5 Å². The number of aryl methyl sites for hydroxylation is 1. The van der Waals surface area contributed by atoms with Gasteiger partial charge in [0, 0.05) is 30.0 Å². The van der Waals surface area contributed by atoms with Gasteiger partial charge in [-0.2, -0.15) is 5.10 Å². The van der Waals surface area contributed by atoms with Gasteiger partial charge in [-0.05, 0) is 24.1 Å². The van der Waals surface area contributed by atoms with Crippen LogP contribution in [0.5, 0.6) is 0 Å². The molecule has 1 N–H and O–H groups in total. The molecule has 1 heterocycles. The smallest absolute Gasteiger partial charge is 0.270 e. The van der Waals surface area contributed by atoms with Gasteiger partial charge < -0.3 is 5.32 Å². The summed E-state index contributed by atoms with van der Waals surface area (Å²) in [6.07, 6.45) is 2.85. The molecule has 2 aromatic carbocycles. The first kappa shape index (κ1) is 18.1. The Bertz CT molecular complexity index is 993. The van der Waals surface area contributed by atoms with E-state index in [-0.39, 0.29) is 11.6 Å². The van der Waals surface area contributed by atoms with Crippen molar-refractivity contribution in [3.8, 4) is 0 Å². The van der Waals surface area contributed by atoms with Crippen molar-refractivity contribution in [3.63, 3.8) is 0 Å². The van der Waals surface area contributed by atoms with Gasteiger partial charge in [-0.3, -0.25) is 19.6 Å². The standard InChI is InChI=1S/C20H18N4O3/c1-15-12-19(22-23(15)14-17-6-3-2-4-7-17)21-20(25)11-10-16-8-5-9-18(13-16)24(26)27/h2-13H,14H2,1H3,(H,21,22,25)/b11-10+. The fraction of sp³-hybridized carbons (Fsp3) is 0.100. The number of rotatable bonds is 6. The quantitative estimate of drug-likeness (QED) is 0.410. The monoisotopic (exact) mass is 362 g/mol. The highest BCUT2D eigenvalue weighted by atomic mass is 16.6. The number of carbonyl (C=O) groups excluding carboxylic acids is 1. The van der Waals surface area contributed by atoms with Crippen molar-refractivity contribution in [2.24, 2.45) is 0 Å². The van der Waals surface area contributed by atoms with E-state index in [9.17, 15) is 14.9 Å². The molecule has 0 bridgehead atoms. The van der Waals surface area contributed by atoms with Crippen molar-refractivity contribution in [2.75, 3.05) is 5.32 Å². The highest BCUT2D eigenvalue weighted by molar-refractivity contribution is 6.01. The molecule has 1 amide bonds. The Morgan fingerprint density at radius 3 is 2.70 bits per heavy atom. The van der Waals surface area contributed by atoms with Gasteiger partial charge in [-0.1, -0.05) is 42.5 Å². The zero-order valence-corrected chi connectivity index (χ0v) is 14.7. The first-order chi connectivity index (χ1) is 13.0. The number of hydrogen-bond donors (Lipinski definition) is 1. The lowest BCUT2D eigenvalue weighted by Gasteiger charge is -2.03. The van der Waals surface area contributed by atoms with E-state index < -0.39 is 4.92 Å². The fourth-order valence-electron chi connectivity index (χ4n) is 2.57. The maximum Gasteiger partial charge on any atom is 0.270 e. The van der Waals surface area contributed by atoms with Gasteiger partial charge in [-0.15, -0.1) is 0 Å². The molecule has 0 saturated carbocycles. The number of nitrogens with one attached hydrogen (secondary N) is 1. The van der Waals surface area contributed by atoms with Gasteiger partial charge in [0.1, 0.15) is 0 Å². The Hall–Kier alpha value is -3.74. The average molecular weight is 362 g/mol. The number of aromatic nitrogens is 2. The predicted octanol–water partition coefficient (Wildman–Crippen LogP) is 3.80. The number of nitro benzene ring substituents is 1. The summed E-state index contributed by atoms with van der Waals surface area (Å²) in [6.45, 7) is 2.54. The van der Waals surface area contributed by atoms with Crippen molar-refractivity contribution in [1.29, 1.82) is 0 Å². The molecule has 3 aromatic rings. The van der Waals surface area contributed by atoms with Crippen LogP contribution in [0.4, 0.5) is 11.5 Å². The number of nitrogens with zero attached hydrogens (tertiary/aromatic N) is 3. The summed E-state index contributed by atoms with van der Waals surface area (Å²) in [5.74, 6) is 0.1000. The molecule has 0 fully saturated rings. The lowest BCUT2D eigenvalue weighted by molar-refractivity contribution is -0.384. The summed E-state index contributed by atoms with van der Waals surface area (Å²) < 4.78 is 1.81. The van der Waals surface area contributed by atoms with E-state index in [1.54, 1.807) is 18.2 Å². The van der Waals surface area contributed by atoms with E-state index in [1.165, 1.54) is 24.3 Å². The highest BCUT2D eigenvalue weighted by Gasteiger charge is 2.08. The van der Waals surface area contributed by atoms with Crippen LogP contribution in [0.3, 0.4) is 0 Å². The molecule has 7 nitrogen and oxygen atoms in total. The topological polar surface area (TPSA) is 90.1 Å². The van der Waals surface area contributed by atoms with Crippen LogP contribution >= 0.6 is 0 Å². The summed E-state index contributed by atoms with van der Waals surface area (Å²) in [5.41, 5.74) is 2.60. The van der Waals surface area contributed by atoms with Crippen LogP contribution < -0.4 is 5.32 Å². The van der Waals surface area contributed by atoms with Gasteiger partial charge in [0.2, 0.25) is 5.91 Å². The lowest BCUT2D eigenvalue weighted by Crippen LogP contribution is -2.09. The minimum Gasteiger partial charge on any atom is -0.306 e. The summed E-state index contributed by atoms with van der Waals surface area (Å²) in [5, 5.41) is 17.9. The molecule has 0 aliphatic rings. The van der Waals surface area contributed by atoms with Gasteiger partial charge >= 0.3 is 0 Å². The zero-order chi connectivity index (χ0) is 19.2. The Balaban J connectivity index is 1.65. The molecule has 136 valence electrons. The van der Waals surface area contributed by atoms with Gasteiger partial charge in [0.15, 0.2) is 5.82 Å². The van der Waals surface area contributed by atoms with E-state index in [0.717, 1.165) is 11.3 Å². The zero-order valence-electron chi connectivity index (χ0n) is 14.7. The SMILES string of the molecule is Cc1cc(NC(=O)/C=C/c2cccc([N+](=O)[O-])c2)nn1Cc1ccccc1. The highest BCUT2D eigenvalue weighted by Crippen LogP contribution is 2.15. The second-order valence-corrected chi connectivity index (χ2v) is 5.99. The molecule has 0 atom stereocenters. The van der Waals surface area contributed by atoms with E-state index in [4.69, 9.17) is 0 Å². The first-order valence-electron chi connectivity index (χ1n) is 8.33. The molecule has 0 aliphatic heterocycles. The number of hydrogen-bond acceptors (Lipinski definition) is 4. The van der Waals surface area contributed by atoms with Crippen molar-refractivity contribution < 1.29 is 9.72 Å². The van der Waals surface area contributed by atoms with Crippen LogP contribution in [-0.2, 0) is 11.3 Å². The third-order valence-electron chi connectivity index (χ3n) is 3.92. The molecule has 1 aromatic heterocycles. The van der Waals surface area contributed by atoms with Crippen LogP contribution in [0.2, 0.25) is 0 Å². The van der Waals surface area contributed by atoms with Crippen LogP contribution in [0.25, 0.3) is 6.08 Å². The van der Waals surface area contributed by atoms with Gasteiger partial charge in [0.05, 0.1) is 11.5 Å². The number of amides is 1. The number of benzene rings is 2. The van der Waals surface area contributed by atoms with Crippen LogP contribution in [-0.4, -0.2) is 20.6 Å². The summed E-state index contributed by atoms with van der Waals surface area (Å²) >= 11 is 0. The maximum atomic E-state index is 12.1.